The summed E-state index contributed by atoms with van der Waals surface area (Å²) in [5, 5.41) is 16.2. The number of amides is 1. The Morgan fingerprint density at radius 1 is 1.07 bits per heavy atom. The topological polar surface area (TPSA) is 117 Å². The number of rotatable bonds is 7. The molecule has 0 spiro atoms. The molecule has 2 aromatic carbocycles. The summed E-state index contributed by atoms with van der Waals surface area (Å²) in [7, 11) is 1.55. The fourth-order valence-corrected chi connectivity index (χ4v) is 4.98. The number of benzene rings is 2. The van der Waals surface area contributed by atoms with Crippen LogP contribution in [0.5, 0.6) is 5.75 Å². The molecule has 5 rings (SSSR count). The van der Waals surface area contributed by atoms with Gasteiger partial charge in [-0.05, 0) is 60.7 Å². The summed E-state index contributed by atoms with van der Waals surface area (Å²) in [5.74, 6) is 0.464. The largest absolute Gasteiger partial charge is 0.494 e. The second kappa shape index (κ2) is 11.1. The summed E-state index contributed by atoms with van der Waals surface area (Å²) in [6, 6.07) is 20.6. The summed E-state index contributed by atoms with van der Waals surface area (Å²) in [6.07, 6.45) is 1.72. The number of carbonyl (C=O) groups excluding carboxylic acids is 1. The van der Waals surface area contributed by atoms with E-state index in [4.69, 9.17) is 21.4 Å². The lowest BCUT2D eigenvalue weighted by molar-refractivity contribution is -0.123. The first-order chi connectivity index (χ1) is 19.6. The Hall–Kier alpha value is -4.70. The highest BCUT2D eigenvalue weighted by Gasteiger charge is 2.43. The van der Waals surface area contributed by atoms with E-state index in [1.807, 2.05) is 68.1 Å². The lowest BCUT2D eigenvalue weighted by Crippen LogP contribution is -2.30. The molecule has 1 aliphatic heterocycles. The van der Waals surface area contributed by atoms with Crippen LogP contribution in [0.3, 0.4) is 0 Å². The molecule has 4 aromatic rings. The molecule has 1 aliphatic rings. The number of ether oxygens (including phenoxy) is 1. The van der Waals surface area contributed by atoms with Gasteiger partial charge in [0.1, 0.15) is 23.3 Å². The first-order valence-electron chi connectivity index (χ1n) is 13.0. The van der Waals surface area contributed by atoms with Gasteiger partial charge in [-0.3, -0.25) is 9.78 Å². The number of hydrogen-bond donors (Lipinski definition) is 3. The molecule has 3 heterocycles. The molecule has 210 valence electrons. The number of carboxylic acids is 1. The predicted octanol–water partition coefficient (Wildman–Crippen LogP) is 6.21. The van der Waals surface area contributed by atoms with Crippen molar-refractivity contribution in [1.82, 2.24) is 10.3 Å². The number of aromatic nitrogens is 1. The first kappa shape index (κ1) is 27.9. The Balaban J connectivity index is 1.56. The maximum Gasteiger partial charge on any atom is 0.335 e. The van der Waals surface area contributed by atoms with Gasteiger partial charge in [0.05, 0.1) is 30.1 Å². The van der Waals surface area contributed by atoms with Crippen LogP contribution < -0.4 is 20.3 Å². The quantitative estimate of drug-likeness (QED) is 0.223. The Morgan fingerprint density at radius 3 is 2.56 bits per heavy atom. The van der Waals surface area contributed by atoms with Crippen molar-refractivity contribution in [1.29, 1.82) is 0 Å². The summed E-state index contributed by atoms with van der Waals surface area (Å²) in [5.41, 5.74) is 2.28. The van der Waals surface area contributed by atoms with E-state index >= 15 is 0 Å². The Morgan fingerprint density at radius 2 is 1.88 bits per heavy atom. The van der Waals surface area contributed by atoms with E-state index < -0.39 is 17.4 Å². The van der Waals surface area contributed by atoms with Crippen molar-refractivity contribution < 1.29 is 23.8 Å². The van der Waals surface area contributed by atoms with Crippen LogP contribution in [0, 0.1) is 5.41 Å². The number of nitrogens with one attached hydrogen (secondary N) is 2. The molecule has 2 atom stereocenters. The number of carboxylic acid groups (broad SMARTS) is 1. The molecular formula is C31H30N4O5S. The zero-order chi connectivity index (χ0) is 29.3. The fourth-order valence-electron chi connectivity index (χ4n) is 4.64. The Bertz CT molecular complexity index is 1610. The van der Waals surface area contributed by atoms with Gasteiger partial charge in [-0.2, -0.15) is 0 Å². The van der Waals surface area contributed by atoms with Crippen LogP contribution in [-0.2, 0) is 4.79 Å². The van der Waals surface area contributed by atoms with Gasteiger partial charge in [-0.1, -0.05) is 39.0 Å². The van der Waals surface area contributed by atoms with E-state index in [1.54, 1.807) is 37.6 Å². The number of aromatic carboxylic acids is 1. The van der Waals surface area contributed by atoms with E-state index in [9.17, 15) is 14.7 Å². The van der Waals surface area contributed by atoms with Crippen molar-refractivity contribution in [2.24, 2.45) is 5.41 Å². The molecule has 10 heteroatoms. The number of hydrogen-bond acceptors (Lipinski definition) is 6. The smallest absolute Gasteiger partial charge is 0.335 e. The van der Waals surface area contributed by atoms with E-state index in [-0.39, 0.29) is 17.5 Å². The van der Waals surface area contributed by atoms with Crippen LogP contribution in [0.4, 0.5) is 11.4 Å². The van der Waals surface area contributed by atoms with Crippen LogP contribution in [0.1, 0.15) is 54.7 Å². The van der Waals surface area contributed by atoms with Crippen molar-refractivity contribution in [3.8, 4) is 17.1 Å². The normalized spacial score (nSPS) is 16.8. The van der Waals surface area contributed by atoms with Gasteiger partial charge in [0.2, 0.25) is 5.91 Å². The van der Waals surface area contributed by atoms with Crippen LogP contribution in [0.15, 0.2) is 83.4 Å². The van der Waals surface area contributed by atoms with Crippen molar-refractivity contribution in [3.63, 3.8) is 0 Å². The molecule has 1 saturated heterocycles. The maximum absolute atomic E-state index is 12.7. The van der Waals surface area contributed by atoms with Crippen LogP contribution in [-0.4, -0.2) is 34.2 Å². The number of nitrogens with zero attached hydrogens (tertiary/aromatic N) is 2. The van der Waals surface area contributed by atoms with Gasteiger partial charge in [-0.25, -0.2) is 4.79 Å². The Labute approximate surface area is 243 Å². The minimum absolute atomic E-state index is 0.134. The third kappa shape index (κ3) is 5.64. The molecule has 9 nitrogen and oxygen atoms in total. The number of thiocarbonyl (C=S) groups is 1. The lowest BCUT2D eigenvalue weighted by Gasteiger charge is -2.27. The maximum atomic E-state index is 12.7. The number of furan rings is 1. The number of pyridine rings is 1. The van der Waals surface area contributed by atoms with Gasteiger partial charge in [0, 0.05) is 28.9 Å². The average molecular weight is 571 g/mol. The summed E-state index contributed by atoms with van der Waals surface area (Å²) in [4.78, 5) is 30.7. The van der Waals surface area contributed by atoms with Crippen LogP contribution >= 0.6 is 12.2 Å². The molecule has 2 aromatic heterocycles. The number of methoxy groups -OCH3 is 1. The zero-order valence-corrected chi connectivity index (χ0v) is 23.9. The molecule has 0 saturated carbocycles. The monoisotopic (exact) mass is 570 g/mol. The third-order valence-electron chi connectivity index (χ3n) is 6.80. The standard InChI is InChI=1S/C31H30N4O5S/c1-31(2,3)29(38)33-21-12-11-20(17-25(21)39-4)35-27(26(34-30(35)41)22-10-5-6-15-32-22)24-14-13-23(40-24)18-8-7-9-19(16-18)28(36)37/h5-17,26-27H,1-4H3,(H,33,38)(H,34,41)(H,36,37)/t26-,27+/m0/s1. The second-order valence-corrected chi connectivity index (χ2v) is 11.1. The van der Waals surface area contributed by atoms with Crippen molar-refractivity contribution >= 4 is 40.6 Å². The highest BCUT2D eigenvalue weighted by Crippen LogP contribution is 2.44. The number of carbonyl (C=O) groups is 2. The van der Waals surface area contributed by atoms with Gasteiger partial charge < -0.3 is 29.8 Å². The summed E-state index contributed by atoms with van der Waals surface area (Å²) < 4.78 is 12.0. The second-order valence-electron chi connectivity index (χ2n) is 10.7. The van der Waals surface area contributed by atoms with Crippen LogP contribution in [0.2, 0.25) is 0 Å². The average Bonchev–Trinajstić information content (AvgIpc) is 3.58. The Kier molecular flexibility index (Phi) is 7.51. The molecule has 1 amide bonds. The van der Waals surface area contributed by atoms with Gasteiger partial charge in [-0.15, -0.1) is 0 Å². The molecule has 0 aliphatic carbocycles. The zero-order valence-electron chi connectivity index (χ0n) is 23.0. The molecular weight excluding hydrogens is 540 g/mol. The van der Waals surface area contributed by atoms with E-state index in [0.717, 1.165) is 11.4 Å². The SMILES string of the molecule is COc1cc(N2C(=S)N[C@@H](c3ccccn3)[C@H]2c2ccc(-c3cccc(C(=O)O)c3)o2)ccc1NC(=O)C(C)(C)C. The van der Waals surface area contributed by atoms with E-state index in [2.05, 4.69) is 15.6 Å². The third-order valence-corrected chi connectivity index (χ3v) is 7.12. The molecule has 41 heavy (non-hydrogen) atoms. The van der Waals surface area contributed by atoms with Gasteiger partial charge in [0.15, 0.2) is 5.11 Å². The van der Waals surface area contributed by atoms with Crippen molar-refractivity contribution in [2.75, 3.05) is 17.3 Å². The first-order valence-corrected chi connectivity index (χ1v) is 13.4. The predicted molar refractivity (Wildman–Crippen MR) is 160 cm³/mol. The minimum atomic E-state index is -1.01. The van der Waals surface area contributed by atoms with Gasteiger partial charge in [0.25, 0.3) is 0 Å². The van der Waals surface area contributed by atoms with E-state index in [1.165, 1.54) is 6.07 Å². The van der Waals surface area contributed by atoms with Crippen molar-refractivity contribution in [3.05, 3.63) is 96.0 Å². The molecule has 0 unspecified atom stereocenters. The molecule has 3 N–H and O–H groups in total. The van der Waals surface area contributed by atoms with Crippen LogP contribution in [0.25, 0.3) is 11.3 Å². The summed E-state index contributed by atoms with van der Waals surface area (Å²) in [6.45, 7) is 5.53. The fraction of sp³-hybridized carbons (Fsp3) is 0.226. The summed E-state index contributed by atoms with van der Waals surface area (Å²) >= 11 is 5.82. The van der Waals surface area contributed by atoms with E-state index in [0.29, 0.717) is 33.6 Å². The highest BCUT2D eigenvalue weighted by molar-refractivity contribution is 7.80. The number of anilines is 2. The molecule has 0 bridgehead atoms. The lowest BCUT2D eigenvalue weighted by atomic mass is 9.95. The van der Waals surface area contributed by atoms with Crippen molar-refractivity contribution in [2.45, 2.75) is 32.9 Å². The minimum Gasteiger partial charge on any atom is -0.494 e. The van der Waals surface area contributed by atoms with Gasteiger partial charge >= 0.3 is 5.97 Å². The molecule has 1 fully saturated rings. The highest BCUT2D eigenvalue weighted by atomic mass is 32.1. The molecule has 0 radical (unpaired) electrons.